The fraction of sp³-hybridized carbons (Fsp3) is 0. The van der Waals surface area contributed by atoms with Crippen molar-refractivity contribution in [2.45, 2.75) is 0 Å². The molecule has 26 heavy (non-hydrogen) atoms. The summed E-state index contributed by atoms with van der Waals surface area (Å²) in [5.74, 6) is -0.217. The summed E-state index contributed by atoms with van der Waals surface area (Å²) in [4.78, 5) is 26.9. The molecule has 0 aromatic heterocycles. The molecule has 3 aromatic rings. The van der Waals surface area contributed by atoms with Crippen LogP contribution in [0.1, 0.15) is 5.56 Å². The van der Waals surface area contributed by atoms with Crippen LogP contribution in [0.25, 0.3) is 11.1 Å². The summed E-state index contributed by atoms with van der Waals surface area (Å²) in [5.41, 5.74) is 4.46. The maximum Gasteiger partial charge on any atom is 0.275 e. The first-order valence-electron chi connectivity index (χ1n) is 7.96. The summed E-state index contributed by atoms with van der Waals surface area (Å²) in [5, 5.41) is 13.5. The first-order valence-corrected chi connectivity index (χ1v) is 7.96. The molecule has 0 spiro atoms. The summed E-state index contributed by atoms with van der Waals surface area (Å²) in [6.45, 7) is 0. The smallest absolute Gasteiger partial charge is 0.275 e. The highest BCUT2D eigenvalue weighted by Gasteiger charge is 2.25. The van der Waals surface area contributed by atoms with E-state index in [2.05, 4.69) is 10.3 Å². The minimum atomic E-state index is -0.423. The highest BCUT2D eigenvalue weighted by molar-refractivity contribution is 6.54. The van der Waals surface area contributed by atoms with Crippen LogP contribution >= 0.6 is 0 Å². The van der Waals surface area contributed by atoms with Crippen LogP contribution in [0, 0.1) is 10.1 Å². The number of carbonyl (C=O) groups excluding carboxylic acids is 1. The minimum absolute atomic E-state index is 0.0580. The number of aliphatic imine (C=N–C) groups is 1. The number of non-ortho nitro benzene ring substituents is 1. The van der Waals surface area contributed by atoms with Crippen molar-refractivity contribution >= 4 is 28.7 Å². The van der Waals surface area contributed by atoms with Crippen LogP contribution in [0.2, 0.25) is 0 Å². The molecule has 1 aliphatic heterocycles. The molecule has 6 nitrogen and oxygen atoms in total. The van der Waals surface area contributed by atoms with Crippen LogP contribution in [0.15, 0.2) is 77.8 Å². The number of nitrogens with one attached hydrogen (secondary N) is 1. The molecule has 1 amide bonds. The average molecular weight is 343 g/mol. The Morgan fingerprint density at radius 2 is 1.46 bits per heavy atom. The number of nitrogens with zero attached hydrogens (tertiary/aromatic N) is 2. The summed E-state index contributed by atoms with van der Waals surface area (Å²) >= 11 is 0. The molecule has 126 valence electrons. The predicted molar refractivity (Wildman–Crippen MR) is 99.8 cm³/mol. The number of carbonyl (C=O) groups is 1. The van der Waals surface area contributed by atoms with Crippen LogP contribution in [-0.4, -0.2) is 16.5 Å². The minimum Gasteiger partial charge on any atom is -0.320 e. The van der Waals surface area contributed by atoms with Crippen molar-refractivity contribution in [1.29, 1.82) is 0 Å². The summed E-state index contributed by atoms with van der Waals surface area (Å²) in [6, 6.07) is 21.2. The molecule has 1 aliphatic rings. The molecule has 1 N–H and O–H groups in total. The van der Waals surface area contributed by atoms with E-state index in [4.69, 9.17) is 0 Å². The fourth-order valence-corrected chi connectivity index (χ4v) is 2.85. The van der Waals surface area contributed by atoms with Crippen molar-refractivity contribution in [1.82, 2.24) is 0 Å². The van der Waals surface area contributed by atoms with Crippen LogP contribution in [0.4, 0.5) is 17.1 Å². The summed E-state index contributed by atoms with van der Waals surface area (Å²) in [7, 11) is 0. The van der Waals surface area contributed by atoms with Crippen molar-refractivity contribution in [2.75, 3.05) is 5.32 Å². The second-order valence-corrected chi connectivity index (χ2v) is 5.81. The Bertz CT molecular complexity index is 1040. The monoisotopic (exact) mass is 343 g/mol. The van der Waals surface area contributed by atoms with Crippen molar-refractivity contribution in [3.8, 4) is 11.1 Å². The Hall–Kier alpha value is -3.80. The number of benzene rings is 3. The summed E-state index contributed by atoms with van der Waals surface area (Å²) in [6.07, 6.45) is 0. The molecule has 0 saturated carbocycles. The zero-order valence-corrected chi connectivity index (χ0v) is 13.5. The van der Waals surface area contributed by atoms with Gasteiger partial charge in [-0.05, 0) is 41.5 Å². The molecular formula is C20H13N3O3. The SMILES string of the molecule is O=C1Nc2ccccc2C1=Nc1ccc(-c2ccc([N+](=O)[O-])cc2)cc1. The highest BCUT2D eigenvalue weighted by Crippen LogP contribution is 2.28. The van der Waals surface area contributed by atoms with E-state index < -0.39 is 4.92 Å². The number of para-hydroxylation sites is 1. The Morgan fingerprint density at radius 1 is 0.846 bits per heavy atom. The van der Waals surface area contributed by atoms with Crippen molar-refractivity contribution < 1.29 is 9.72 Å². The zero-order chi connectivity index (χ0) is 18.1. The molecule has 0 unspecified atom stereocenters. The normalized spacial score (nSPS) is 14.2. The van der Waals surface area contributed by atoms with Gasteiger partial charge in [0.15, 0.2) is 0 Å². The van der Waals surface area contributed by atoms with Gasteiger partial charge in [-0.2, -0.15) is 0 Å². The second kappa shape index (κ2) is 6.25. The van der Waals surface area contributed by atoms with E-state index in [-0.39, 0.29) is 11.6 Å². The number of rotatable bonds is 3. The number of fused-ring (bicyclic) bond motifs is 1. The third-order valence-corrected chi connectivity index (χ3v) is 4.17. The van der Waals surface area contributed by atoms with Gasteiger partial charge in [-0.1, -0.05) is 30.3 Å². The lowest BCUT2D eigenvalue weighted by Crippen LogP contribution is -2.13. The van der Waals surface area contributed by atoms with Gasteiger partial charge in [-0.15, -0.1) is 0 Å². The largest absolute Gasteiger partial charge is 0.320 e. The standard InChI is InChI=1S/C20H13N3O3/c24-20-19(17-3-1-2-4-18(17)22-20)21-15-9-5-13(6-10-15)14-7-11-16(12-8-14)23(25)26/h1-12H,(H,21,22,24). The predicted octanol–water partition coefficient (Wildman–Crippen LogP) is 4.33. The van der Waals surface area contributed by atoms with E-state index in [1.165, 1.54) is 12.1 Å². The molecule has 0 saturated heterocycles. The number of nitro benzene ring substituents is 1. The van der Waals surface area contributed by atoms with E-state index in [1.807, 2.05) is 48.5 Å². The Morgan fingerprint density at radius 3 is 2.12 bits per heavy atom. The fourth-order valence-electron chi connectivity index (χ4n) is 2.85. The molecule has 0 radical (unpaired) electrons. The molecule has 3 aromatic carbocycles. The van der Waals surface area contributed by atoms with Gasteiger partial charge >= 0.3 is 0 Å². The van der Waals surface area contributed by atoms with Crippen molar-refractivity contribution in [3.63, 3.8) is 0 Å². The van der Waals surface area contributed by atoms with Gasteiger partial charge in [0.25, 0.3) is 11.6 Å². The summed E-state index contributed by atoms with van der Waals surface area (Å²) < 4.78 is 0. The van der Waals surface area contributed by atoms with E-state index >= 15 is 0 Å². The Labute approximate surface area is 149 Å². The third kappa shape index (κ3) is 2.84. The number of hydrogen-bond acceptors (Lipinski definition) is 4. The number of amides is 1. The molecular weight excluding hydrogens is 330 g/mol. The van der Waals surface area contributed by atoms with Gasteiger partial charge in [0.05, 0.1) is 16.3 Å². The van der Waals surface area contributed by atoms with Crippen molar-refractivity contribution in [2.24, 2.45) is 4.99 Å². The molecule has 0 atom stereocenters. The van der Waals surface area contributed by atoms with Crippen LogP contribution in [-0.2, 0) is 4.79 Å². The zero-order valence-electron chi connectivity index (χ0n) is 13.5. The lowest BCUT2D eigenvalue weighted by molar-refractivity contribution is -0.384. The molecule has 0 bridgehead atoms. The van der Waals surface area contributed by atoms with Gasteiger partial charge in [0, 0.05) is 17.7 Å². The van der Waals surface area contributed by atoms with Crippen molar-refractivity contribution in [3.05, 3.63) is 88.5 Å². The molecule has 0 fully saturated rings. The topological polar surface area (TPSA) is 84.6 Å². The van der Waals surface area contributed by atoms with E-state index in [0.29, 0.717) is 11.4 Å². The maximum absolute atomic E-state index is 12.1. The Balaban J connectivity index is 1.62. The van der Waals surface area contributed by atoms with E-state index in [0.717, 1.165) is 22.4 Å². The third-order valence-electron chi connectivity index (χ3n) is 4.17. The maximum atomic E-state index is 12.1. The number of hydrogen-bond donors (Lipinski definition) is 1. The van der Waals surface area contributed by atoms with Crippen LogP contribution in [0.3, 0.4) is 0 Å². The van der Waals surface area contributed by atoms with Gasteiger partial charge in [0.2, 0.25) is 0 Å². The van der Waals surface area contributed by atoms with Gasteiger partial charge in [-0.25, -0.2) is 4.99 Å². The van der Waals surface area contributed by atoms with Gasteiger partial charge in [0.1, 0.15) is 5.71 Å². The molecule has 0 aliphatic carbocycles. The molecule has 6 heteroatoms. The quantitative estimate of drug-likeness (QED) is 0.567. The first kappa shape index (κ1) is 15.7. The Kier molecular flexibility index (Phi) is 3.78. The van der Waals surface area contributed by atoms with Gasteiger partial charge < -0.3 is 5.32 Å². The lowest BCUT2D eigenvalue weighted by atomic mass is 10.0. The lowest BCUT2D eigenvalue weighted by Gasteiger charge is -2.03. The van der Waals surface area contributed by atoms with Gasteiger partial charge in [-0.3, -0.25) is 14.9 Å². The number of anilines is 1. The first-order chi connectivity index (χ1) is 12.6. The van der Waals surface area contributed by atoms with Crippen LogP contribution < -0.4 is 5.32 Å². The number of nitro groups is 1. The highest BCUT2D eigenvalue weighted by atomic mass is 16.6. The van der Waals surface area contributed by atoms with E-state index in [9.17, 15) is 14.9 Å². The molecule has 1 heterocycles. The molecule has 4 rings (SSSR count). The van der Waals surface area contributed by atoms with E-state index in [1.54, 1.807) is 12.1 Å². The average Bonchev–Trinajstić information content (AvgIpc) is 2.98. The second-order valence-electron chi connectivity index (χ2n) is 5.81. The van der Waals surface area contributed by atoms with Crippen LogP contribution in [0.5, 0.6) is 0 Å².